The van der Waals surface area contributed by atoms with Gasteiger partial charge in [-0.2, -0.15) is 0 Å². The Labute approximate surface area is 88.4 Å². The molecule has 0 saturated heterocycles. The number of nitrogens with one attached hydrogen (secondary N) is 1. The van der Waals surface area contributed by atoms with Crippen molar-refractivity contribution < 1.29 is 4.74 Å². The molecule has 1 aliphatic rings. The topological polar surface area (TPSA) is 21.3 Å². The highest BCUT2D eigenvalue weighted by Crippen LogP contribution is 2.26. The highest BCUT2D eigenvalue weighted by molar-refractivity contribution is 4.80. The Morgan fingerprint density at radius 2 is 2.07 bits per heavy atom. The molecule has 0 radical (unpaired) electrons. The lowest BCUT2D eigenvalue weighted by atomic mass is 9.83. The molecular formula is C12H25NO. The summed E-state index contributed by atoms with van der Waals surface area (Å²) in [5.74, 6) is 0.896. The van der Waals surface area contributed by atoms with Crippen molar-refractivity contribution in [3.05, 3.63) is 0 Å². The van der Waals surface area contributed by atoms with E-state index in [9.17, 15) is 0 Å². The van der Waals surface area contributed by atoms with Crippen LogP contribution >= 0.6 is 0 Å². The van der Waals surface area contributed by atoms with Gasteiger partial charge in [-0.05, 0) is 25.7 Å². The molecule has 1 aliphatic carbocycles. The molecule has 3 atom stereocenters. The zero-order chi connectivity index (χ0) is 10.4. The minimum Gasteiger partial charge on any atom is -0.380 e. The van der Waals surface area contributed by atoms with Gasteiger partial charge in [0.15, 0.2) is 0 Å². The standard InChI is InChI=1S/C12H25NO/c1-4-11-7-5-6-8-12(11)13-9-10(2)14-3/h10-13H,4-9H2,1-3H3. The van der Waals surface area contributed by atoms with Gasteiger partial charge in [-0.3, -0.25) is 0 Å². The Morgan fingerprint density at radius 1 is 1.36 bits per heavy atom. The van der Waals surface area contributed by atoms with Crippen molar-refractivity contribution >= 4 is 0 Å². The van der Waals surface area contributed by atoms with Gasteiger partial charge in [0.25, 0.3) is 0 Å². The third kappa shape index (κ3) is 3.58. The highest BCUT2D eigenvalue weighted by atomic mass is 16.5. The predicted octanol–water partition coefficient (Wildman–Crippen LogP) is 2.58. The van der Waals surface area contributed by atoms with Gasteiger partial charge in [0.2, 0.25) is 0 Å². The quantitative estimate of drug-likeness (QED) is 0.735. The summed E-state index contributed by atoms with van der Waals surface area (Å²) in [6.07, 6.45) is 7.25. The van der Waals surface area contributed by atoms with Crippen LogP contribution in [-0.2, 0) is 4.74 Å². The molecule has 1 fully saturated rings. The van der Waals surface area contributed by atoms with Gasteiger partial charge in [0, 0.05) is 19.7 Å². The van der Waals surface area contributed by atoms with E-state index >= 15 is 0 Å². The minimum atomic E-state index is 0.342. The van der Waals surface area contributed by atoms with Gasteiger partial charge in [-0.25, -0.2) is 0 Å². The van der Waals surface area contributed by atoms with Gasteiger partial charge < -0.3 is 10.1 Å². The van der Waals surface area contributed by atoms with E-state index in [-0.39, 0.29) is 0 Å². The predicted molar refractivity (Wildman–Crippen MR) is 60.5 cm³/mol. The summed E-state index contributed by atoms with van der Waals surface area (Å²) in [6, 6.07) is 0.742. The number of ether oxygens (including phenoxy) is 1. The first kappa shape index (κ1) is 12.0. The first-order valence-corrected chi connectivity index (χ1v) is 6.04. The lowest BCUT2D eigenvalue weighted by Crippen LogP contribution is -2.41. The van der Waals surface area contributed by atoms with Crippen LogP contribution in [0.15, 0.2) is 0 Å². The zero-order valence-electron chi connectivity index (χ0n) is 9.88. The Bertz CT molecular complexity index is 149. The van der Waals surface area contributed by atoms with Gasteiger partial charge in [-0.15, -0.1) is 0 Å². The van der Waals surface area contributed by atoms with Crippen LogP contribution in [0.1, 0.15) is 46.0 Å². The van der Waals surface area contributed by atoms with Crippen LogP contribution in [0.3, 0.4) is 0 Å². The molecule has 0 aromatic heterocycles. The second-order valence-electron chi connectivity index (χ2n) is 4.51. The van der Waals surface area contributed by atoms with Crippen molar-refractivity contribution in [3.8, 4) is 0 Å². The summed E-state index contributed by atoms with van der Waals surface area (Å²) >= 11 is 0. The summed E-state index contributed by atoms with van der Waals surface area (Å²) in [6.45, 7) is 5.43. The fraction of sp³-hybridized carbons (Fsp3) is 1.00. The molecular weight excluding hydrogens is 174 g/mol. The average molecular weight is 199 g/mol. The molecule has 0 heterocycles. The fourth-order valence-electron chi connectivity index (χ4n) is 2.37. The Morgan fingerprint density at radius 3 is 2.71 bits per heavy atom. The molecule has 0 bridgehead atoms. The monoisotopic (exact) mass is 199 g/mol. The number of rotatable bonds is 5. The number of hydrogen-bond acceptors (Lipinski definition) is 2. The Hall–Kier alpha value is -0.0800. The van der Waals surface area contributed by atoms with Gasteiger partial charge in [0.05, 0.1) is 6.10 Å². The zero-order valence-corrected chi connectivity index (χ0v) is 9.88. The molecule has 0 aromatic rings. The summed E-state index contributed by atoms with van der Waals surface area (Å²) in [7, 11) is 1.78. The van der Waals surface area contributed by atoms with E-state index in [2.05, 4.69) is 19.2 Å². The first-order valence-electron chi connectivity index (χ1n) is 6.04. The molecule has 2 nitrogen and oxygen atoms in total. The Balaban J connectivity index is 2.26. The van der Waals surface area contributed by atoms with E-state index in [1.54, 1.807) is 7.11 Å². The number of hydrogen-bond donors (Lipinski definition) is 1. The van der Waals surface area contributed by atoms with Gasteiger partial charge >= 0.3 is 0 Å². The van der Waals surface area contributed by atoms with Crippen molar-refractivity contribution in [3.63, 3.8) is 0 Å². The average Bonchev–Trinajstić information content (AvgIpc) is 2.26. The summed E-state index contributed by atoms with van der Waals surface area (Å²) in [5, 5.41) is 3.65. The second kappa shape index (κ2) is 6.41. The van der Waals surface area contributed by atoms with Gasteiger partial charge in [0.1, 0.15) is 0 Å². The second-order valence-corrected chi connectivity index (χ2v) is 4.51. The van der Waals surface area contributed by atoms with Crippen molar-refractivity contribution in [1.29, 1.82) is 0 Å². The van der Waals surface area contributed by atoms with Crippen molar-refractivity contribution in [1.82, 2.24) is 5.32 Å². The van der Waals surface area contributed by atoms with Crippen LogP contribution in [0.25, 0.3) is 0 Å². The maximum atomic E-state index is 5.25. The highest BCUT2D eigenvalue weighted by Gasteiger charge is 2.23. The smallest absolute Gasteiger partial charge is 0.0667 e. The largest absolute Gasteiger partial charge is 0.380 e. The third-order valence-corrected chi connectivity index (χ3v) is 3.50. The summed E-state index contributed by atoms with van der Waals surface area (Å²) in [5.41, 5.74) is 0. The molecule has 1 rings (SSSR count). The maximum absolute atomic E-state index is 5.25. The van der Waals surface area contributed by atoms with E-state index in [0.29, 0.717) is 6.10 Å². The van der Waals surface area contributed by atoms with Crippen LogP contribution < -0.4 is 5.32 Å². The molecule has 0 aromatic carbocycles. The molecule has 1 saturated carbocycles. The first-order chi connectivity index (χ1) is 6.77. The van der Waals surface area contributed by atoms with Crippen LogP contribution in [0.2, 0.25) is 0 Å². The molecule has 0 spiro atoms. The molecule has 0 aliphatic heterocycles. The lowest BCUT2D eigenvalue weighted by Gasteiger charge is -2.32. The molecule has 3 unspecified atom stereocenters. The molecule has 14 heavy (non-hydrogen) atoms. The van der Waals surface area contributed by atoms with Crippen molar-refractivity contribution in [2.24, 2.45) is 5.92 Å². The van der Waals surface area contributed by atoms with Gasteiger partial charge in [-0.1, -0.05) is 26.2 Å². The molecule has 84 valence electrons. The van der Waals surface area contributed by atoms with E-state index in [0.717, 1.165) is 18.5 Å². The molecule has 0 amide bonds. The van der Waals surface area contributed by atoms with Crippen LogP contribution in [0, 0.1) is 5.92 Å². The SMILES string of the molecule is CCC1CCCCC1NCC(C)OC. The molecule has 1 N–H and O–H groups in total. The van der Waals surface area contributed by atoms with Crippen LogP contribution in [0.5, 0.6) is 0 Å². The van der Waals surface area contributed by atoms with E-state index in [1.807, 2.05) is 0 Å². The maximum Gasteiger partial charge on any atom is 0.0667 e. The summed E-state index contributed by atoms with van der Waals surface area (Å²) < 4.78 is 5.25. The summed E-state index contributed by atoms with van der Waals surface area (Å²) in [4.78, 5) is 0. The van der Waals surface area contributed by atoms with Crippen LogP contribution in [-0.4, -0.2) is 25.8 Å². The number of methoxy groups -OCH3 is 1. The molecule has 2 heteroatoms. The van der Waals surface area contributed by atoms with Crippen molar-refractivity contribution in [2.75, 3.05) is 13.7 Å². The van der Waals surface area contributed by atoms with E-state index < -0.39 is 0 Å². The minimum absolute atomic E-state index is 0.342. The Kier molecular flexibility index (Phi) is 5.49. The normalized spacial score (nSPS) is 30.2. The van der Waals surface area contributed by atoms with E-state index in [1.165, 1.54) is 32.1 Å². The van der Waals surface area contributed by atoms with E-state index in [4.69, 9.17) is 4.74 Å². The van der Waals surface area contributed by atoms with Crippen LogP contribution in [0.4, 0.5) is 0 Å². The third-order valence-electron chi connectivity index (χ3n) is 3.50. The van der Waals surface area contributed by atoms with Crippen molar-refractivity contribution in [2.45, 2.75) is 58.1 Å². The lowest BCUT2D eigenvalue weighted by molar-refractivity contribution is 0.107. The fourth-order valence-corrected chi connectivity index (χ4v) is 2.37.